The number of nitrogens with zero attached hydrogens (tertiary/aromatic N) is 2. The number of carbonyl (C=O) groups is 2. The summed E-state index contributed by atoms with van der Waals surface area (Å²) in [6.07, 6.45) is 6.24. The number of piperidine rings is 1. The maximum absolute atomic E-state index is 14.4. The number of hydrogen-bond acceptors (Lipinski definition) is 7. The first kappa shape index (κ1) is 34.3. The molecule has 3 saturated heterocycles. The van der Waals surface area contributed by atoms with Gasteiger partial charge < -0.3 is 19.5 Å². The molecule has 2 N–H and O–H groups in total. The minimum Gasteiger partial charge on any atom is -0.508 e. The maximum atomic E-state index is 14.4. The lowest BCUT2D eigenvalue weighted by molar-refractivity contribution is -0.144. The Morgan fingerprint density at radius 1 is 0.940 bits per heavy atom. The Morgan fingerprint density at radius 3 is 2.34 bits per heavy atom. The van der Waals surface area contributed by atoms with Crippen molar-refractivity contribution in [1.29, 1.82) is 0 Å². The van der Waals surface area contributed by atoms with Crippen LogP contribution < -0.4 is 4.74 Å². The van der Waals surface area contributed by atoms with Gasteiger partial charge in [-0.2, -0.15) is 0 Å². The highest BCUT2D eigenvalue weighted by Gasteiger charge is 2.58. The molecule has 3 aromatic rings. The van der Waals surface area contributed by atoms with Crippen molar-refractivity contribution in [3.8, 4) is 11.5 Å². The minimum absolute atomic E-state index is 0.0691. The highest BCUT2D eigenvalue weighted by molar-refractivity contribution is 6.43. The van der Waals surface area contributed by atoms with Crippen LogP contribution >= 0.6 is 0 Å². The van der Waals surface area contributed by atoms with Gasteiger partial charge in [0.15, 0.2) is 0 Å². The Labute approximate surface area is 295 Å². The van der Waals surface area contributed by atoms with E-state index >= 15 is 0 Å². The number of phenolic OH excluding ortho intramolecular Hbond substituents is 1. The highest BCUT2D eigenvalue weighted by Crippen LogP contribution is 2.51. The number of fused-ring (bicyclic) bond motifs is 3. The molecule has 0 unspecified atom stereocenters. The number of rotatable bonds is 11. The molecule has 50 heavy (non-hydrogen) atoms. The monoisotopic (exact) mass is 674 g/mol. The van der Waals surface area contributed by atoms with Crippen molar-refractivity contribution in [3.63, 3.8) is 0 Å². The normalized spacial score (nSPS) is 24.8. The molecule has 0 bridgehead atoms. The predicted molar refractivity (Wildman–Crippen MR) is 194 cm³/mol. The smallest absolute Gasteiger partial charge is 0.455 e. The summed E-state index contributed by atoms with van der Waals surface area (Å²) in [6.45, 7) is 4.96. The van der Waals surface area contributed by atoms with Gasteiger partial charge in [0, 0.05) is 25.7 Å². The van der Waals surface area contributed by atoms with Crippen molar-refractivity contribution in [2.45, 2.75) is 70.5 Å². The molecule has 3 aliphatic heterocycles. The van der Waals surface area contributed by atoms with E-state index in [0.29, 0.717) is 19.4 Å². The number of aromatic hydroxyl groups is 1. The Bertz CT molecular complexity index is 1700. The number of imide groups is 1. The molecule has 0 spiro atoms. The van der Waals surface area contributed by atoms with E-state index in [2.05, 4.69) is 42.2 Å². The molecule has 0 aromatic heterocycles. The number of phenols is 1. The second-order valence-corrected chi connectivity index (χ2v) is 14.2. The first-order chi connectivity index (χ1) is 24.4. The molecule has 3 fully saturated rings. The second kappa shape index (κ2) is 15.4. The Hall–Kier alpha value is -4.18. The number of para-hydroxylation sites is 1. The van der Waals surface area contributed by atoms with Gasteiger partial charge in [-0.25, -0.2) is 0 Å². The molecule has 3 aromatic carbocycles. The van der Waals surface area contributed by atoms with Crippen LogP contribution in [0.15, 0.2) is 102 Å². The van der Waals surface area contributed by atoms with Crippen molar-refractivity contribution >= 4 is 25.0 Å². The van der Waals surface area contributed by atoms with Crippen molar-refractivity contribution in [2.75, 3.05) is 19.7 Å². The molecule has 4 aliphatic rings. The van der Waals surface area contributed by atoms with Crippen LogP contribution in [0, 0.1) is 17.8 Å². The Kier molecular flexibility index (Phi) is 10.5. The topological polar surface area (TPSA) is 99.5 Å². The summed E-state index contributed by atoms with van der Waals surface area (Å²) >= 11 is 0. The van der Waals surface area contributed by atoms with Gasteiger partial charge in [-0.05, 0) is 97.3 Å². The molecule has 0 saturated carbocycles. The number of likely N-dealkylation sites (tertiary alicyclic amines) is 2. The first-order valence-electron chi connectivity index (χ1n) is 18.2. The summed E-state index contributed by atoms with van der Waals surface area (Å²) in [6, 6.07) is 27.1. The van der Waals surface area contributed by atoms with Gasteiger partial charge in [0.05, 0.1) is 17.9 Å². The molecular weight excluding hydrogens is 627 g/mol. The molecule has 7 rings (SSSR count). The summed E-state index contributed by atoms with van der Waals surface area (Å²) in [5.41, 5.74) is 5.55. The summed E-state index contributed by atoms with van der Waals surface area (Å²) in [5.74, 6) is -0.422. The zero-order valence-corrected chi connectivity index (χ0v) is 28.8. The number of carbonyl (C=O) groups excluding carboxylic acids is 2. The van der Waals surface area contributed by atoms with Gasteiger partial charge in [0.2, 0.25) is 11.8 Å². The molecule has 260 valence electrons. The number of benzene rings is 3. The molecule has 4 atom stereocenters. The van der Waals surface area contributed by atoms with Crippen molar-refractivity contribution < 1.29 is 29.1 Å². The van der Waals surface area contributed by atoms with Crippen LogP contribution in [0.1, 0.15) is 56.6 Å². The average molecular weight is 675 g/mol. The maximum Gasteiger partial charge on any atom is 0.455 e. The number of ether oxygens (including phenoxy) is 1. The zero-order valence-electron chi connectivity index (χ0n) is 28.8. The van der Waals surface area contributed by atoms with Crippen molar-refractivity contribution in [2.24, 2.45) is 17.8 Å². The fraction of sp³-hybridized carbons (Fsp3) is 0.415. The molecule has 3 heterocycles. The summed E-state index contributed by atoms with van der Waals surface area (Å²) in [7, 11) is -1.02. The second-order valence-electron chi connectivity index (χ2n) is 14.2. The molecule has 1 aliphatic carbocycles. The van der Waals surface area contributed by atoms with E-state index in [1.54, 1.807) is 17.0 Å². The van der Waals surface area contributed by atoms with Gasteiger partial charge in [0.1, 0.15) is 18.1 Å². The Morgan fingerprint density at radius 2 is 1.64 bits per heavy atom. The molecule has 2 amide bonds. The third-order valence-corrected chi connectivity index (χ3v) is 11.1. The van der Waals surface area contributed by atoms with Gasteiger partial charge >= 0.3 is 7.12 Å². The fourth-order valence-electron chi connectivity index (χ4n) is 8.62. The SMILES string of the molecule is CC/C(=C\c1ccc(O)cc1)CC[C@H]1OB(O)C[C@H]2C1=C(COc1ccccc1)C[C@H]1C(=O)N(C3CCN(Cc4ccccc4)CC3)C(=O)[C@H]12. The van der Waals surface area contributed by atoms with Crippen LogP contribution in [-0.4, -0.2) is 70.7 Å². The van der Waals surface area contributed by atoms with Gasteiger partial charge in [-0.3, -0.25) is 19.4 Å². The highest BCUT2D eigenvalue weighted by atomic mass is 16.5. The van der Waals surface area contributed by atoms with E-state index in [1.807, 2.05) is 48.5 Å². The zero-order chi connectivity index (χ0) is 34.6. The lowest BCUT2D eigenvalue weighted by atomic mass is 9.58. The van der Waals surface area contributed by atoms with Crippen LogP contribution in [0.2, 0.25) is 6.32 Å². The van der Waals surface area contributed by atoms with Crippen molar-refractivity contribution in [1.82, 2.24) is 9.80 Å². The summed E-state index contributed by atoms with van der Waals surface area (Å²) in [4.78, 5) is 32.7. The molecule has 9 heteroatoms. The Balaban J connectivity index is 1.12. The van der Waals surface area contributed by atoms with E-state index in [-0.39, 0.29) is 35.8 Å². The van der Waals surface area contributed by atoms with E-state index in [9.17, 15) is 19.7 Å². The number of allylic oxidation sites excluding steroid dienone is 1. The average Bonchev–Trinajstić information content (AvgIpc) is 3.39. The minimum atomic E-state index is -1.02. The van der Waals surface area contributed by atoms with Crippen LogP contribution in [-0.2, 0) is 20.8 Å². The van der Waals surface area contributed by atoms with E-state index in [0.717, 1.165) is 67.8 Å². The quantitative estimate of drug-likeness (QED) is 0.136. The van der Waals surface area contributed by atoms with E-state index < -0.39 is 25.1 Å². The van der Waals surface area contributed by atoms with Gasteiger partial charge in [-0.15, -0.1) is 0 Å². The first-order valence-corrected chi connectivity index (χ1v) is 18.2. The lowest BCUT2D eigenvalue weighted by Crippen LogP contribution is -2.48. The summed E-state index contributed by atoms with van der Waals surface area (Å²) in [5, 5.41) is 20.8. The van der Waals surface area contributed by atoms with Crippen molar-refractivity contribution in [3.05, 3.63) is 113 Å². The standard InChI is InChI=1S/C41H47BN2O6/c1-2-28(23-29-13-16-33(45)17-14-29)15-18-37-38-31(27-49-34-11-7-4-8-12-34)24-35-39(36(38)25-42(48)50-37)41(47)44(40(35)46)32-19-21-43(22-20-32)26-30-9-5-3-6-10-30/h3-14,16-17,23,32,35-37,39,45,48H,2,15,18-22,24-27H2,1H3/b28-23+/t35-,36+,37-,39-/m1/s1. The van der Waals surface area contributed by atoms with Gasteiger partial charge in [0.25, 0.3) is 0 Å². The number of hydrogen-bond donors (Lipinski definition) is 2. The summed E-state index contributed by atoms with van der Waals surface area (Å²) < 4.78 is 12.6. The number of amides is 2. The largest absolute Gasteiger partial charge is 0.508 e. The molecular formula is C41H47BN2O6. The fourth-order valence-corrected chi connectivity index (χ4v) is 8.62. The van der Waals surface area contributed by atoms with E-state index in [4.69, 9.17) is 9.39 Å². The van der Waals surface area contributed by atoms with Crippen LogP contribution in [0.25, 0.3) is 6.08 Å². The van der Waals surface area contributed by atoms with Crippen LogP contribution in [0.4, 0.5) is 0 Å². The van der Waals surface area contributed by atoms with Gasteiger partial charge in [-0.1, -0.05) is 79.2 Å². The third-order valence-electron chi connectivity index (χ3n) is 11.1. The molecule has 0 radical (unpaired) electrons. The van der Waals surface area contributed by atoms with Crippen LogP contribution in [0.5, 0.6) is 11.5 Å². The molecule has 8 nitrogen and oxygen atoms in total. The third kappa shape index (κ3) is 7.46. The predicted octanol–water partition coefficient (Wildman–Crippen LogP) is 6.51. The lowest BCUT2D eigenvalue weighted by Gasteiger charge is -2.43. The van der Waals surface area contributed by atoms with Crippen LogP contribution in [0.3, 0.4) is 0 Å². The van der Waals surface area contributed by atoms with E-state index in [1.165, 1.54) is 11.1 Å².